The van der Waals surface area contributed by atoms with Gasteiger partial charge in [0.05, 0.1) is 11.1 Å². The molecule has 2 rings (SSSR count). The minimum Gasteiger partial charge on any atom is -0.493 e. The maximum atomic E-state index is 13.3. The molecule has 1 aromatic heterocycles. The number of benzene rings is 1. The van der Waals surface area contributed by atoms with Crippen LogP contribution in [0.4, 0.5) is 17.6 Å². The van der Waals surface area contributed by atoms with Gasteiger partial charge in [-0.15, -0.1) is 0 Å². The fourth-order valence-electron chi connectivity index (χ4n) is 1.83. The SMILES string of the molecule is CCc1c(O)nc(-c2cc(F)cc(C(F)(F)F)c2)[nH]c1=O. The maximum Gasteiger partial charge on any atom is 0.416 e. The van der Waals surface area contributed by atoms with Crippen molar-refractivity contribution in [3.63, 3.8) is 0 Å². The van der Waals surface area contributed by atoms with E-state index in [2.05, 4.69) is 9.97 Å². The van der Waals surface area contributed by atoms with Gasteiger partial charge in [-0.1, -0.05) is 6.92 Å². The summed E-state index contributed by atoms with van der Waals surface area (Å²) in [7, 11) is 0. The second kappa shape index (κ2) is 5.19. The summed E-state index contributed by atoms with van der Waals surface area (Å²) < 4.78 is 51.2. The molecule has 0 aliphatic rings. The Kier molecular flexibility index (Phi) is 3.71. The van der Waals surface area contributed by atoms with E-state index in [9.17, 15) is 27.5 Å². The highest BCUT2D eigenvalue weighted by Gasteiger charge is 2.31. The number of hydrogen-bond acceptors (Lipinski definition) is 3. The number of nitrogens with zero attached hydrogens (tertiary/aromatic N) is 1. The molecule has 0 aliphatic carbocycles. The number of nitrogens with one attached hydrogen (secondary N) is 1. The molecule has 0 fully saturated rings. The monoisotopic (exact) mass is 302 g/mol. The Balaban J connectivity index is 2.63. The molecule has 0 aliphatic heterocycles. The van der Waals surface area contributed by atoms with E-state index in [-0.39, 0.29) is 23.4 Å². The smallest absolute Gasteiger partial charge is 0.416 e. The number of aromatic amines is 1. The fourth-order valence-corrected chi connectivity index (χ4v) is 1.83. The van der Waals surface area contributed by atoms with Crippen molar-refractivity contribution in [2.24, 2.45) is 0 Å². The lowest BCUT2D eigenvalue weighted by molar-refractivity contribution is -0.137. The van der Waals surface area contributed by atoms with Gasteiger partial charge >= 0.3 is 6.18 Å². The highest BCUT2D eigenvalue weighted by molar-refractivity contribution is 5.57. The Morgan fingerprint density at radius 2 is 1.95 bits per heavy atom. The van der Waals surface area contributed by atoms with Crippen molar-refractivity contribution in [3.8, 4) is 17.3 Å². The minimum absolute atomic E-state index is 0.00574. The molecule has 0 spiro atoms. The predicted octanol–water partition coefficient (Wildman–Crippen LogP) is 2.86. The molecule has 2 aromatic rings. The summed E-state index contributed by atoms with van der Waals surface area (Å²) >= 11 is 0. The first-order chi connectivity index (χ1) is 9.72. The largest absolute Gasteiger partial charge is 0.493 e. The Labute approximate surface area is 116 Å². The molecule has 21 heavy (non-hydrogen) atoms. The van der Waals surface area contributed by atoms with E-state index in [1.807, 2.05) is 0 Å². The average molecular weight is 302 g/mol. The van der Waals surface area contributed by atoms with Crippen LogP contribution in [-0.2, 0) is 12.6 Å². The van der Waals surface area contributed by atoms with E-state index in [0.717, 1.165) is 6.07 Å². The third-order valence-electron chi connectivity index (χ3n) is 2.85. The van der Waals surface area contributed by atoms with Crippen molar-refractivity contribution < 1.29 is 22.7 Å². The summed E-state index contributed by atoms with van der Waals surface area (Å²) in [6.07, 6.45) is -4.53. The van der Waals surface area contributed by atoms with Gasteiger partial charge in [0.1, 0.15) is 11.6 Å². The number of halogens is 4. The third-order valence-corrected chi connectivity index (χ3v) is 2.85. The molecule has 0 unspecified atom stereocenters. The zero-order valence-electron chi connectivity index (χ0n) is 10.8. The fraction of sp³-hybridized carbons (Fsp3) is 0.231. The molecule has 4 nitrogen and oxygen atoms in total. The van der Waals surface area contributed by atoms with Crippen LogP contribution < -0.4 is 5.56 Å². The van der Waals surface area contributed by atoms with Gasteiger partial charge < -0.3 is 10.1 Å². The van der Waals surface area contributed by atoms with Gasteiger partial charge in [-0.2, -0.15) is 18.2 Å². The predicted molar refractivity (Wildman–Crippen MR) is 66.3 cm³/mol. The first kappa shape index (κ1) is 15.0. The van der Waals surface area contributed by atoms with E-state index in [4.69, 9.17) is 0 Å². The molecule has 0 saturated carbocycles. The summed E-state index contributed by atoms with van der Waals surface area (Å²) in [5.41, 5.74) is -2.17. The van der Waals surface area contributed by atoms with Gasteiger partial charge in [0, 0.05) is 5.56 Å². The molecule has 0 amide bonds. The normalized spacial score (nSPS) is 11.7. The van der Waals surface area contributed by atoms with E-state index >= 15 is 0 Å². The van der Waals surface area contributed by atoms with Crippen molar-refractivity contribution in [2.45, 2.75) is 19.5 Å². The van der Waals surface area contributed by atoms with Crippen LogP contribution in [0, 0.1) is 5.82 Å². The molecule has 2 N–H and O–H groups in total. The van der Waals surface area contributed by atoms with Gasteiger partial charge in [0.25, 0.3) is 5.56 Å². The molecular weight excluding hydrogens is 292 g/mol. The minimum atomic E-state index is -4.73. The lowest BCUT2D eigenvalue weighted by Gasteiger charge is -2.10. The van der Waals surface area contributed by atoms with E-state index in [1.165, 1.54) is 0 Å². The van der Waals surface area contributed by atoms with Gasteiger partial charge in [-0.05, 0) is 24.6 Å². The first-order valence-corrected chi connectivity index (χ1v) is 5.92. The number of aromatic hydroxyl groups is 1. The van der Waals surface area contributed by atoms with Gasteiger partial charge in [0.15, 0.2) is 0 Å². The van der Waals surface area contributed by atoms with Crippen LogP contribution in [0.2, 0.25) is 0 Å². The summed E-state index contributed by atoms with van der Waals surface area (Å²) in [4.78, 5) is 17.5. The summed E-state index contributed by atoms with van der Waals surface area (Å²) in [5.74, 6) is -2.05. The zero-order valence-corrected chi connectivity index (χ0v) is 10.8. The van der Waals surface area contributed by atoms with E-state index in [0.29, 0.717) is 12.1 Å². The van der Waals surface area contributed by atoms with Crippen molar-refractivity contribution in [2.75, 3.05) is 0 Å². The van der Waals surface area contributed by atoms with Crippen molar-refractivity contribution >= 4 is 0 Å². The Morgan fingerprint density at radius 3 is 2.48 bits per heavy atom. The Morgan fingerprint density at radius 1 is 1.29 bits per heavy atom. The van der Waals surface area contributed by atoms with Crippen LogP contribution in [0.25, 0.3) is 11.4 Å². The van der Waals surface area contributed by atoms with E-state index in [1.54, 1.807) is 6.92 Å². The molecule has 1 aromatic carbocycles. The molecule has 1 heterocycles. The number of aromatic nitrogens is 2. The van der Waals surface area contributed by atoms with Gasteiger partial charge in [-0.3, -0.25) is 4.79 Å². The zero-order chi connectivity index (χ0) is 15.8. The maximum absolute atomic E-state index is 13.3. The molecule has 0 atom stereocenters. The molecule has 8 heteroatoms. The molecule has 0 saturated heterocycles. The average Bonchev–Trinajstić information content (AvgIpc) is 2.36. The lowest BCUT2D eigenvalue weighted by Crippen LogP contribution is -2.15. The summed E-state index contributed by atoms with van der Waals surface area (Å²) in [6.45, 7) is 1.61. The lowest BCUT2D eigenvalue weighted by atomic mass is 10.1. The number of alkyl halides is 3. The molecule has 0 bridgehead atoms. The first-order valence-electron chi connectivity index (χ1n) is 5.92. The Hall–Kier alpha value is -2.38. The van der Waals surface area contributed by atoms with Crippen LogP contribution in [0.1, 0.15) is 18.1 Å². The van der Waals surface area contributed by atoms with Crippen molar-refractivity contribution in [3.05, 3.63) is 45.5 Å². The second-order valence-electron chi connectivity index (χ2n) is 4.30. The van der Waals surface area contributed by atoms with Crippen molar-refractivity contribution in [1.82, 2.24) is 9.97 Å². The topological polar surface area (TPSA) is 66.0 Å². The molecular formula is C13H10F4N2O2. The summed E-state index contributed by atoms with van der Waals surface area (Å²) in [5, 5.41) is 9.58. The number of H-pyrrole nitrogens is 1. The number of rotatable bonds is 2. The van der Waals surface area contributed by atoms with Crippen LogP contribution >= 0.6 is 0 Å². The third kappa shape index (κ3) is 3.04. The van der Waals surface area contributed by atoms with Crippen molar-refractivity contribution in [1.29, 1.82) is 0 Å². The van der Waals surface area contributed by atoms with Crippen LogP contribution in [-0.4, -0.2) is 15.1 Å². The highest BCUT2D eigenvalue weighted by Crippen LogP contribution is 2.32. The van der Waals surface area contributed by atoms with Crippen LogP contribution in [0.15, 0.2) is 23.0 Å². The molecule has 112 valence electrons. The molecule has 0 radical (unpaired) electrons. The number of hydrogen-bond donors (Lipinski definition) is 2. The van der Waals surface area contributed by atoms with Crippen LogP contribution in [0.5, 0.6) is 5.88 Å². The standard InChI is InChI=1S/C13H10F4N2O2/c1-2-9-11(20)18-10(19-12(9)21)6-3-7(13(15,16)17)5-8(14)4-6/h3-5H,2H2,1H3,(H2,18,19,20,21). The van der Waals surface area contributed by atoms with Gasteiger partial charge in [-0.25, -0.2) is 4.39 Å². The second-order valence-corrected chi connectivity index (χ2v) is 4.30. The quantitative estimate of drug-likeness (QED) is 0.838. The van der Waals surface area contributed by atoms with Crippen LogP contribution in [0.3, 0.4) is 0 Å². The highest BCUT2D eigenvalue weighted by atomic mass is 19.4. The Bertz CT molecular complexity index is 738. The summed E-state index contributed by atoms with van der Waals surface area (Å²) in [6, 6.07) is 1.77. The van der Waals surface area contributed by atoms with Gasteiger partial charge in [0.2, 0.25) is 5.88 Å². The van der Waals surface area contributed by atoms with E-state index < -0.39 is 29.0 Å².